The number of nitrogens with zero attached hydrogens (tertiary/aromatic N) is 1. The van der Waals surface area contributed by atoms with E-state index in [9.17, 15) is 9.59 Å². The van der Waals surface area contributed by atoms with Gasteiger partial charge in [-0.05, 0) is 35.9 Å². The highest BCUT2D eigenvalue weighted by Crippen LogP contribution is 2.27. The first-order valence-electron chi connectivity index (χ1n) is 9.58. The van der Waals surface area contributed by atoms with E-state index in [-0.39, 0.29) is 12.3 Å². The van der Waals surface area contributed by atoms with Gasteiger partial charge < -0.3 is 10.1 Å². The van der Waals surface area contributed by atoms with Crippen molar-refractivity contribution in [2.45, 2.75) is 12.5 Å². The first kappa shape index (κ1) is 21.3. The van der Waals surface area contributed by atoms with Crippen LogP contribution in [0.15, 0.2) is 71.2 Å². The summed E-state index contributed by atoms with van der Waals surface area (Å²) < 4.78 is 5.74. The van der Waals surface area contributed by atoms with Crippen molar-refractivity contribution in [2.75, 3.05) is 7.11 Å². The maximum atomic E-state index is 13.5. The number of benzene rings is 3. The van der Waals surface area contributed by atoms with E-state index in [2.05, 4.69) is 26.2 Å². The van der Waals surface area contributed by atoms with Crippen molar-refractivity contribution in [3.05, 3.63) is 87.4 Å². The van der Waals surface area contributed by atoms with Crippen molar-refractivity contribution in [1.29, 1.82) is 0 Å². The van der Waals surface area contributed by atoms with E-state index in [0.717, 1.165) is 10.0 Å². The van der Waals surface area contributed by atoms with Gasteiger partial charge in [0.2, 0.25) is 0 Å². The lowest BCUT2D eigenvalue weighted by Crippen LogP contribution is -2.43. The topological polar surface area (TPSA) is 68.3 Å². The second kappa shape index (κ2) is 9.04. The maximum Gasteiger partial charge on any atom is 0.328 e. The smallest absolute Gasteiger partial charge is 0.328 e. The fraction of sp³-hybridized carbons (Fsp3) is 0.125. The number of hydrogen-bond donors (Lipinski definition) is 1. The summed E-state index contributed by atoms with van der Waals surface area (Å²) in [6.07, 6.45) is 0.223. The van der Waals surface area contributed by atoms with Gasteiger partial charge in [-0.15, -0.1) is 0 Å². The van der Waals surface area contributed by atoms with Crippen LogP contribution in [0.1, 0.15) is 15.9 Å². The Kier molecular flexibility index (Phi) is 6.20. The second-order valence-corrected chi connectivity index (χ2v) is 8.30. The van der Waals surface area contributed by atoms with Gasteiger partial charge in [0.05, 0.1) is 23.7 Å². The molecule has 0 saturated carbocycles. The van der Waals surface area contributed by atoms with Gasteiger partial charge in [0, 0.05) is 26.7 Å². The molecule has 1 heterocycles. The third-order valence-corrected chi connectivity index (χ3v) is 6.05. The Morgan fingerprint density at radius 3 is 2.26 bits per heavy atom. The van der Waals surface area contributed by atoms with Crippen LogP contribution in [0, 0.1) is 0 Å². The summed E-state index contributed by atoms with van der Waals surface area (Å²) in [7, 11) is 1.30. The molecule has 0 aliphatic rings. The largest absolute Gasteiger partial charge is 0.467 e. The number of rotatable bonds is 5. The molecular weight excluding hydrogens is 480 g/mol. The third kappa shape index (κ3) is 4.40. The standard InChI is InChI=1S/C24H18BrClN2O3/c1-31-24(30)21(13-14-12-15(26)10-11-18(14)25)28-23(29)22-16-6-2-4-8-19(16)27-20-9-5-3-7-17(20)22/h2-12,21H,13H2,1H3,(H,28,29)/t21-/m0/s1. The number of fused-ring (bicyclic) bond motifs is 2. The summed E-state index contributed by atoms with van der Waals surface area (Å²) >= 11 is 9.59. The molecule has 0 aliphatic carbocycles. The summed E-state index contributed by atoms with van der Waals surface area (Å²) in [4.78, 5) is 30.6. The van der Waals surface area contributed by atoms with Gasteiger partial charge in [0.15, 0.2) is 0 Å². The summed E-state index contributed by atoms with van der Waals surface area (Å²) in [5, 5.41) is 4.83. The predicted octanol–water partition coefficient (Wildman–Crippen LogP) is 5.32. The number of methoxy groups -OCH3 is 1. The molecule has 1 atom stereocenters. The molecular formula is C24H18BrClN2O3. The van der Waals surface area contributed by atoms with E-state index < -0.39 is 12.0 Å². The molecule has 0 saturated heterocycles. The van der Waals surface area contributed by atoms with Gasteiger partial charge in [-0.2, -0.15) is 0 Å². The van der Waals surface area contributed by atoms with Crippen LogP contribution in [0.4, 0.5) is 0 Å². The Bertz CT molecular complexity index is 1250. The Hall–Kier alpha value is -2.96. The lowest BCUT2D eigenvalue weighted by Gasteiger charge is -2.19. The molecule has 0 fully saturated rings. The molecule has 5 nitrogen and oxygen atoms in total. The molecule has 1 aromatic heterocycles. The fourth-order valence-corrected chi connectivity index (χ4v) is 4.17. The van der Waals surface area contributed by atoms with Crippen molar-refractivity contribution in [2.24, 2.45) is 0 Å². The van der Waals surface area contributed by atoms with Crippen LogP contribution in [0.5, 0.6) is 0 Å². The van der Waals surface area contributed by atoms with E-state index in [1.807, 2.05) is 48.5 Å². The van der Waals surface area contributed by atoms with Gasteiger partial charge in [-0.25, -0.2) is 9.78 Å². The van der Waals surface area contributed by atoms with Gasteiger partial charge in [0.1, 0.15) is 6.04 Å². The van der Waals surface area contributed by atoms with Crippen molar-refractivity contribution < 1.29 is 14.3 Å². The number of nitrogens with one attached hydrogen (secondary N) is 1. The SMILES string of the molecule is COC(=O)[C@H](Cc1cc(Cl)ccc1Br)NC(=O)c1c2ccccc2nc2ccccc12. The highest BCUT2D eigenvalue weighted by molar-refractivity contribution is 9.10. The van der Waals surface area contributed by atoms with Crippen LogP contribution in [-0.4, -0.2) is 30.0 Å². The molecule has 4 aromatic rings. The quantitative estimate of drug-likeness (QED) is 0.299. The Morgan fingerprint density at radius 2 is 1.65 bits per heavy atom. The molecule has 0 radical (unpaired) electrons. The number of aromatic nitrogens is 1. The van der Waals surface area contributed by atoms with Crippen molar-refractivity contribution in [3.8, 4) is 0 Å². The molecule has 3 aromatic carbocycles. The Morgan fingerprint density at radius 1 is 1.03 bits per heavy atom. The average Bonchev–Trinajstić information content (AvgIpc) is 2.78. The van der Waals surface area contributed by atoms with Gasteiger partial charge in [-0.3, -0.25) is 4.79 Å². The minimum absolute atomic E-state index is 0.223. The monoisotopic (exact) mass is 496 g/mol. The molecule has 156 valence electrons. The molecule has 7 heteroatoms. The maximum absolute atomic E-state index is 13.5. The molecule has 1 amide bonds. The van der Waals surface area contributed by atoms with Crippen LogP contribution in [0.25, 0.3) is 21.8 Å². The van der Waals surface area contributed by atoms with E-state index in [0.29, 0.717) is 32.4 Å². The number of pyridine rings is 1. The van der Waals surface area contributed by atoms with E-state index >= 15 is 0 Å². The normalized spacial score (nSPS) is 12.0. The van der Waals surface area contributed by atoms with Crippen molar-refractivity contribution in [1.82, 2.24) is 10.3 Å². The second-order valence-electron chi connectivity index (χ2n) is 7.01. The van der Waals surface area contributed by atoms with Crippen molar-refractivity contribution >= 4 is 61.2 Å². The molecule has 1 N–H and O–H groups in total. The summed E-state index contributed by atoms with van der Waals surface area (Å²) in [5.74, 6) is -0.911. The number of carbonyl (C=O) groups excluding carboxylic acids is 2. The van der Waals surface area contributed by atoms with Crippen LogP contribution in [0.3, 0.4) is 0 Å². The predicted molar refractivity (Wildman–Crippen MR) is 125 cm³/mol. The molecule has 4 rings (SSSR count). The number of amides is 1. The van der Waals surface area contributed by atoms with Gasteiger partial charge >= 0.3 is 5.97 Å². The van der Waals surface area contributed by atoms with Crippen LogP contribution < -0.4 is 5.32 Å². The first-order valence-corrected chi connectivity index (χ1v) is 10.7. The van der Waals surface area contributed by atoms with Crippen molar-refractivity contribution in [3.63, 3.8) is 0 Å². The lowest BCUT2D eigenvalue weighted by molar-refractivity contribution is -0.142. The van der Waals surface area contributed by atoms with E-state index in [1.54, 1.807) is 18.2 Å². The number of hydrogen-bond acceptors (Lipinski definition) is 4. The molecule has 0 aliphatic heterocycles. The molecule has 31 heavy (non-hydrogen) atoms. The number of para-hydroxylation sites is 2. The Labute approximate surface area is 192 Å². The molecule has 0 spiro atoms. The first-order chi connectivity index (χ1) is 15.0. The zero-order valence-corrected chi connectivity index (χ0v) is 18.9. The Balaban J connectivity index is 1.76. The zero-order valence-electron chi connectivity index (χ0n) is 16.6. The molecule has 0 unspecified atom stereocenters. The highest BCUT2D eigenvalue weighted by Gasteiger charge is 2.25. The average molecular weight is 498 g/mol. The summed E-state index contributed by atoms with van der Waals surface area (Å²) in [6.45, 7) is 0. The molecule has 0 bridgehead atoms. The van der Waals surface area contributed by atoms with Gasteiger partial charge in [-0.1, -0.05) is 63.9 Å². The minimum Gasteiger partial charge on any atom is -0.467 e. The fourth-order valence-electron chi connectivity index (χ4n) is 3.57. The number of ether oxygens (including phenoxy) is 1. The number of halogens is 2. The van der Waals surface area contributed by atoms with Crippen LogP contribution in [-0.2, 0) is 16.0 Å². The highest BCUT2D eigenvalue weighted by atomic mass is 79.9. The summed E-state index contributed by atoms with van der Waals surface area (Å²) in [5.41, 5.74) is 2.67. The third-order valence-electron chi connectivity index (χ3n) is 5.04. The van der Waals surface area contributed by atoms with Crippen LogP contribution >= 0.6 is 27.5 Å². The van der Waals surface area contributed by atoms with Crippen LogP contribution in [0.2, 0.25) is 5.02 Å². The number of carbonyl (C=O) groups is 2. The van der Waals surface area contributed by atoms with E-state index in [1.165, 1.54) is 7.11 Å². The zero-order chi connectivity index (χ0) is 22.0. The van der Waals surface area contributed by atoms with Gasteiger partial charge in [0.25, 0.3) is 5.91 Å². The number of esters is 1. The lowest BCUT2D eigenvalue weighted by atomic mass is 10.0. The minimum atomic E-state index is -0.891. The summed E-state index contributed by atoms with van der Waals surface area (Å²) in [6, 6.07) is 19.3. The van der Waals surface area contributed by atoms with E-state index in [4.69, 9.17) is 16.3 Å².